The Labute approximate surface area is 183 Å². The first-order valence-electron chi connectivity index (χ1n) is 10.6. The number of pyridine rings is 1. The van der Waals surface area contributed by atoms with Gasteiger partial charge in [-0.05, 0) is 68.9 Å². The molecule has 1 amide bonds. The molecule has 1 unspecified atom stereocenters. The van der Waals surface area contributed by atoms with Crippen LogP contribution in [0.2, 0.25) is 0 Å². The van der Waals surface area contributed by atoms with Gasteiger partial charge in [-0.3, -0.25) is 4.79 Å². The summed E-state index contributed by atoms with van der Waals surface area (Å²) in [6, 6.07) is 8.16. The predicted molar refractivity (Wildman–Crippen MR) is 122 cm³/mol. The van der Waals surface area contributed by atoms with Crippen molar-refractivity contribution in [2.24, 2.45) is 7.05 Å². The molecule has 0 bridgehead atoms. The van der Waals surface area contributed by atoms with Crippen LogP contribution in [-0.4, -0.2) is 40.9 Å². The summed E-state index contributed by atoms with van der Waals surface area (Å²) in [5.74, 6) is 1.48. The van der Waals surface area contributed by atoms with Crippen molar-refractivity contribution in [3.8, 4) is 11.6 Å². The van der Waals surface area contributed by atoms with Crippen LogP contribution in [-0.2, 0) is 24.7 Å². The van der Waals surface area contributed by atoms with E-state index in [1.807, 2.05) is 40.0 Å². The van der Waals surface area contributed by atoms with Crippen LogP contribution in [0.5, 0.6) is 11.6 Å². The van der Waals surface area contributed by atoms with E-state index in [9.17, 15) is 4.79 Å². The number of ether oxygens (including phenoxy) is 2. The van der Waals surface area contributed by atoms with E-state index in [-0.39, 0.29) is 11.9 Å². The molecule has 0 aliphatic rings. The van der Waals surface area contributed by atoms with Crippen molar-refractivity contribution >= 4 is 16.9 Å². The van der Waals surface area contributed by atoms with Crippen LogP contribution in [0.3, 0.4) is 0 Å². The summed E-state index contributed by atoms with van der Waals surface area (Å²) < 4.78 is 12.3. The van der Waals surface area contributed by atoms with Crippen molar-refractivity contribution in [3.05, 3.63) is 46.6 Å². The van der Waals surface area contributed by atoms with E-state index in [4.69, 9.17) is 14.5 Å². The molecule has 0 saturated carbocycles. The minimum atomic E-state index is 0.0549. The summed E-state index contributed by atoms with van der Waals surface area (Å²) in [7, 11) is 5.13. The number of aromatic nitrogens is 3. The largest absolute Gasteiger partial charge is 0.497 e. The number of rotatable bonds is 9. The Morgan fingerprint density at radius 1 is 1.13 bits per heavy atom. The third-order valence-electron chi connectivity index (χ3n) is 5.75. The Balaban J connectivity index is 1.58. The van der Waals surface area contributed by atoms with Gasteiger partial charge in [-0.15, -0.1) is 5.10 Å². The van der Waals surface area contributed by atoms with Crippen molar-refractivity contribution in [2.45, 2.75) is 52.5 Å². The smallest absolute Gasteiger partial charge is 0.242 e. The molecule has 166 valence electrons. The fourth-order valence-electron chi connectivity index (χ4n) is 3.94. The molecule has 3 rings (SSSR count). The summed E-state index contributed by atoms with van der Waals surface area (Å²) in [6.45, 7) is 6.08. The van der Waals surface area contributed by atoms with Crippen LogP contribution in [0.15, 0.2) is 24.3 Å². The molecular weight excluding hydrogens is 392 g/mol. The zero-order valence-corrected chi connectivity index (χ0v) is 19.3. The Morgan fingerprint density at radius 3 is 2.48 bits per heavy atom. The minimum Gasteiger partial charge on any atom is -0.497 e. The minimum absolute atomic E-state index is 0.0549. The molecule has 0 aliphatic carbocycles. The van der Waals surface area contributed by atoms with Crippen LogP contribution in [0.4, 0.5) is 0 Å². The lowest BCUT2D eigenvalue weighted by Crippen LogP contribution is -2.33. The first kappa shape index (κ1) is 22.6. The molecule has 3 aromatic rings. The first-order chi connectivity index (χ1) is 14.8. The number of hydrogen-bond acceptors (Lipinski definition) is 5. The molecule has 2 heterocycles. The number of carbonyl (C=O) groups is 1. The van der Waals surface area contributed by atoms with Gasteiger partial charge in [-0.1, -0.05) is 12.1 Å². The van der Waals surface area contributed by atoms with Gasteiger partial charge in [0.25, 0.3) is 0 Å². The highest BCUT2D eigenvalue weighted by Crippen LogP contribution is 2.30. The molecule has 0 aliphatic heterocycles. The lowest BCUT2D eigenvalue weighted by Gasteiger charge is -2.15. The Bertz CT molecular complexity index is 1060. The fraction of sp³-hybridized carbons (Fsp3) is 0.458. The second kappa shape index (κ2) is 9.81. The van der Waals surface area contributed by atoms with Gasteiger partial charge >= 0.3 is 0 Å². The highest BCUT2D eigenvalue weighted by Gasteiger charge is 2.18. The zero-order valence-electron chi connectivity index (χ0n) is 19.3. The second-order valence-electron chi connectivity index (χ2n) is 7.99. The Kier molecular flexibility index (Phi) is 7.15. The average molecular weight is 425 g/mol. The fourth-order valence-corrected chi connectivity index (χ4v) is 3.94. The summed E-state index contributed by atoms with van der Waals surface area (Å²) in [5.41, 5.74) is 5.12. The van der Waals surface area contributed by atoms with E-state index in [1.54, 1.807) is 18.9 Å². The van der Waals surface area contributed by atoms with E-state index >= 15 is 0 Å². The SMILES string of the molecule is COc1ccc(CCC(C)NC(=O)CCc2c(C)nc3c(c(OC)nn3C)c2C)cc1. The Morgan fingerprint density at radius 2 is 1.84 bits per heavy atom. The number of nitrogens with zero attached hydrogens (tertiary/aromatic N) is 3. The molecule has 1 aromatic carbocycles. The molecular formula is C24H32N4O3. The van der Waals surface area contributed by atoms with Crippen molar-refractivity contribution < 1.29 is 14.3 Å². The van der Waals surface area contributed by atoms with E-state index in [0.717, 1.165) is 46.4 Å². The average Bonchev–Trinajstić information content (AvgIpc) is 3.08. The normalized spacial score (nSPS) is 12.1. The quantitative estimate of drug-likeness (QED) is 0.567. The van der Waals surface area contributed by atoms with Gasteiger partial charge < -0.3 is 14.8 Å². The number of benzene rings is 1. The summed E-state index contributed by atoms with van der Waals surface area (Å²) in [5, 5.41) is 8.42. The molecule has 2 aromatic heterocycles. The predicted octanol–water partition coefficient (Wildman–Crippen LogP) is 3.67. The summed E-state index contributed by atoms with van der Waals surface area (Å²) >= 11 is 0. The maximum absolute atomic E-state index is 12.5. The van der Waals surface area contributed by atoms with Crippen molar-refractivity contribution in [1.29, 1.82) is 0 Å². The maximum atomic E-state index is 12.5. The van der Waals surface area contributed by atoms with E-state index in [1.165, 1.54) is 5.56 Å². The van der Waals surface area contributed by atoms with E-state index in [0.29, 0.717) is 18.7 Å². The van der Waals surface area contributed by atoms with Crippen LogP contribution in [0.1, 0.15) is 42.1 Å². The standard InChI is InChI=1S/C24H32N4O3/c1-15(7-8-18-9-11-19(30-5)12-10-18)25-21(29)14-13-20-16(2)22-23(26-17(20)3)28(4)27-24(22)31-6/h9-12,15H,7-8,13-14H2,1-6H3,(H,25,29). The number of nitrogens with one attached hydrogen (secondary N) is 1. The number of carbonyl (C=O) groups excluding carboxylic acids is 1. The molecule has 0 spiro atoms. The lowest BCUT2D eigenvalue weighted by molar-refractivity contribution is -0.121. The Hall–Kier alpha value is -3.09. The molecule has 0 saturated heterocycles. The van der Waals surface area contributed by atoms with Gasteiger partial charge in [0, 0.05) is 25.2 Å². The highest BCUT2D eigenvalue weighted by molar-refractivity contribution is 5.86. The summed E-state index contributed by atoms with van der Waals surface area (Å²) in [4.78, 5) is 17.2. The van der Waals surface area contributed by atoms with Gasteiger partial charge in [0.05, 0.1) is 19.6 Å². The van der Waals surface area contributed by atoms with Gasteiger partial charge in [-0.25, -0.2) is 9.67 Å². The molecule has 1 N–H and O–H groups in total. The van der Waals surface area contributed by atoms with Crippen molar-refractivity contribution in [1.82, 2.24) is 20.1 Å². The molecule has 0 fully saturated rings. The molecule has 1 atom stereocenters. The van der Waals surface area contributed by atoms with Crippen molar-refractivity contribution in [2.75, 3.05) is 14.2 Å². The monoisotopic (exact) mass is 424 g/mol. The van der Waals surface area contributed by atoms with Gasteiger partial charge in [0.2, 0.25) is 11.8 Å². The molecule has 31 heavy (non-hydrogen) atoms. The number of amides is 1. The van der Waals surface area contributed by atoms with Crippen LogP contribution in [0, 0.1) is 13.8 Å². The third kappa shape index (κ3) is 5.16. The topological polar surface area (TPSA) is 78.3 Å². The van der Waals surface area contributed by atoms with Gasteiger partial charge in [0.15, 0.2) is 5.65 Å². The highest BCUT2D eigenvalue weighted by atomic mass is 16.5. The number of hydrogen-bond donors (Lipinski definition) is 1. The van der Waals surface area contributed by atoms with Crippen LogP contribution >= 0.6 is 0 Å². The number of aryl methyl sites for hydroxylation is 4. The summed E-state index contributed by atoms with van der Waals surface area (Å²) in [6.07, 6.45) is 2.85. The third-order valence-corrected chi connectivity index (χ3v) is 5.75. The van der Waals surface area contributed by atoms with E-state index < -0.39 is 0 Å². The van der Waals surface area contributed by atoms with Crippen LogP contribution in [0.25, 0.3) is 11.0 Å². The van der Waals surface area contributed by atoms with Gasteiger partial charge in [0.1, 0.15) is 5.75 Å². The maximum Gasteiger partial charge on any atom is 0.242 e. The first-order valence-corrected chi connectivity index (χ1v) is 10.6. The van der Waals surface area contributed by atoms with Gasteiger partial charge in [-0.2, -0.15) is 0 Å². The van der Waals surface area contributed by atoms with Crippen molar-refractivity contribution in [3.63, 3.8) is 0 Å². The molecule has 0 radical (unpaired) electrons. The molecule has 7 nitrogen and oxygen atoms in total. The lowest BCUT2D eigenvalue weighted by atomic mass is 10.00. The van der Waals surface area contributed by atoms with Crippen LogP contribution < -0.4 is 14.8 Å². The number of methoxy groups -OCH3 is 2. The second-order valence-corrected chi connectivity index (χ2v) is 7.99. The molecule has 7 heteroatoms. The zero-order chi connectivity index (χ0) is 22.5. The number of fused-ring (bicyclic) bond motifs is 1. The van der Waals surface area contributed by atoms with E-state index in [2.05, 4.69) is 22.5 Å².